The summed E-state index contributed by atoms with van der Waals surface area (Å²) >= 11 is 0. The number of rotatable bonds is 7. The molecule has 30 heavy (non-hydrogen) atoms. The molecule has 0 aliphatic carbocycles. The van der Waals surface area contributed by atoms with E-state index in [2.05, 4.69) is 35.3 Å². The quantitative estimate of drug-likeness (QED) is 0.686. The van der Waals surface area contributed by atoms with Crippen molar-refractivity contribution in [2.24, 2.45) is 0 Å². The molecule has 5 nitrogen and oxygen atoms in total. The molecule has 1 N–H and O–H groups in total. The van der Waals surface area contributed by atoms with E-state index in [1.54, 1.807) is 26.1 Å². The second kappa shape index (κ2) is 10.3. The van der Waals surface area contributed by atoms with Crippen molar-refractivity contribution in [3.8, 4) is 0 Å². The lowest BCUT2D eigenvalue weighted by Gasteiger charge is -2.33. The van der Waals surface area contributed by atoms with E-state index < -0.39 is 0 Å². The first-order valence-electron chi connectivity index (χ1n) is 10.9. The van der Waals surface area contributed by atoms with Gasteiger partial charge in [-0.1, -0.05) is 37.3 Å². The molecule has 160 valence electrons. The van der Waals surface area contributed by atoms with Crippen LogP contribution >= 0.6 is 0 Å². The van der Waals surface area contributed by atoms with Crippen LogP contribution in [-0.4, -0.2) is 38.6 Å². The number of hydrogen-bond donors (Lipinski definition) is 1. The number of nitrogens with zero attached hydrogens (tertiary/aromatic N) is 1. The predicted octanol–water partition coefficient (Wildman–Crippen LogP) is 4.49. The van der Waals surface area contributed by atoms with Gasteiger partial charge >= 0.3 is 5.97 Å². The van der Waals surface area contributed by atoms with Crippen molar-refractivity contribution in [1.82, 2.24) is 5.32 Å². The minimum absolute atomic E-state index is 0.0171. The number of hydrogen-bond acceptors (Lipinski definition) is 4. The molecular weight excluding hydrogens is 376 g/mol. The average molecular weight is 409 g/mol. The van der Waals surface area contributed by atoms with Crippen molar-refractivity contribution >= 4 is 17.6 Å². The average Bonchev–Trinajstić information content (AvgIpc) is 2.80. The molecule has 2 atom stereocenters. The van der Waals surface area contributed by atoms with Gasteiger partial charge in [-0.3, -0.25) is 4.79 Å². The standard InChI is InChI=1S/C25H32N2O3/c1-4-30-25(29)20-14-12-19(13-15-20)23(24(28)26-3)18(2)21-10-6-7-11-22(21)27-16-8-5-9-17-27/h6-7,10-15,18,23H,4-5,8-9,16-17H2,1-3H3,(H,26,28). The first-order valence-corrected chi connectivity index (χ1v) is 10.9. The maximum absolute atomic E-state index is 12.9. The van der Waals surface area contributed by atoms with Crippen LogP contribution in [0.1, 0.15) is 66.4 Å². The van der Waals surface area contributed by atoms with E-state index in [0.717, 1.165) is 18.7 Å². The Kier molecular flexibility index (Phi) is 7.50. The number of piperidine rings is 1. The monoisotopic (exact) mass is 408 g/mol. The maximum atomic E-state index is 12.9. The number of carbonyl (C=O) groups excluding carboxylic acids is 2. The van der Waals surface area contributed by atoms with Gasteiger partial charge < -0.3 is 15.0 Å². The lowest BCUT2D eigenvalue weighted by molar-refractivity contribution is -0.122. The van der Waals surface area contributed by atoms with Crippen LogP contribution in [0.15, 0.2) is 48.5 Å². The van der Waals surface area contributed by atoms with E-state index in [0.29, 0.717) is 12.2 Å². The first-order chi connectivity index (χ1) is 14.6. The molecule has 5 heteroatoms. The van der Waals surface area contributed by atoms with E-state index in [4.69, 9.17) is 4.74 Å². The zero-order valence-corrected chi connectivity index (χ0v) is 18.2. The number of carbonyl (C=O) groups is 2. The molecular formula is C25H32N2O3. The minimum atomic E-state index is -0.350. The zero-order chi connectivity index (χ0) is 21.5. The molecule has 0 saturated carbocycles. The zero-order valence-electron chi connectivity index (χ0n) is 18.2. The summed E-state index contributed by atoms with van der Waals surface area (Å²) in [5, 5.41) is 2.83. The highest BCUT2D eigenvalue weighted by atomic mass is 16.5. The van der Waals surface area contributed by atoms with Crippen LogP contribution in [0, 0.1) is 0 Å². The van der Waals surface area contributed by atoms with Gasteiger partial charge in [0.2, 0.25) is 5.91 Å². The Bertz CT molecular complexity index is 857. The number of ether oxygens (including phenoxy) is 1. The summed E-state index contributed by atoms with van der Waals surface area (Å²) in [6.07, 6.45) is 3.69. The Morgan fingerprint density at radius 2 is 1.70 bits per heavy atom. The van der Waals surface area contributed by atoms with Gasteiger partial charge in [0.15, 0.2) is 0 Å². The SMILES string of the molecule is CCOC(=O)c1ccc(C(C(=O)NC)C(C)c2ccccc2N2CCCCC2)cc1. The summed E-state index contributed by atoms with van der Waals surface area (Å²) in [5.41, 5.74) is 3.80. The summed E-state index contributed by atoms with van der Waals surface area (Å²) in [6, 6.07) is 15.6. The van der Waals surface area contributed by atoms with Crippen molar-refractivity contribution in [3.63, 3.8) is 0 Å². The summed E-state index contributed by atoms with van der Waals surface area (Å²) in [7, 11) is 1.67. The molecule has 0 aromatic heterocycles. The normalized spacial score (nSPS) is 15.9. The summed E-state index contributed by atoms with van der Waals surface area (Å²) in [4.78, 5) is 27.3. The van der Waals surface area contributed by atoms with Crippen LogP contribution in [0.4, 0.5) is 5.69 Å². The van der Waals surface area contributed by atoms with Crippen molar-refractivity contribution in [1.29, 1.82) is 0 Å². The highest BCUT2D eigenvalue weighted by Gasteiger charge is 2.30. The van der Waals surface area contributed by atoms with Gasteiger partial charge in [-0.05, 0) is 61.4 Å². The minimum Gasteiger partial charge on any atom is -0.462 e. The molecule has 2 unspecified atom stereocenters. The Morgan fingerprint density at radius 3 is 2.33 bits per heavy atom. The van der Waals surface area contributed by atoms with Crippen LogP contribution in [0.5, 0.6) is 0 Å². The Balaban J connectivity index is 1.93. The van der Waals surface area contributed by atoms with E-state index in [1.165, 1.54) is 30.5 Å². The van der Waals surface area contributed by atoms with Crippen molar-refractivity contribution in [3.05, 3.63) is 65.2 Å². The summed E-state index contributed by atoms with van der Waals surface area (Å²) < 4.78 is 5.07. The fourth-order valence-electron chi connectivity index (χ4n) is 4.34. The van der Waals surface area contributed by atoms with Gasteiger partial charge in [0.05, 0.1) is 18.1 Å². The third kappa shape index (κ3) is 4.84. The predicted molar refractivity (Wildman–Crippen MR) is 120 cm³/mol. The number of benzene rings is 2. The molecule has 1 saturated heterocycles. The van der Waals surface area contributed by atoms with Crippen LogP contribution in [0.2, 0.25) is 0 Å². The van der Waals surface area contributed by atoms with Crippen molar-refractivity contribution < 1.29 is 14.3 Å². The molecule has 3 rings (SSSR count). The van der Waals surface area contributed by atoms with Crippen LogP contribution in [0.3, 0.4) is 0 Å². The molecule has 0 spiro atoms. The second-order valence-corrected chi connectivity index (χ2v) is 7.83. The molecule has 2 aromatic carbocycles. The highest BCUT2D eigenvalue weighted by Crippen LogP contribution is 2.38. The number of para-hydroxylation sites is 1. The van der Waals surface area contributed by atoms with Gasteiger partial charge in [-0.2, -0.15) is 0 Å². The molecule has 1 aliphatic rings. The molecule has 1 amide bonds. The van der Waals surface area contributed by atoms with Crippen molar-refractivity contribution in [2.45, 2.75) is 44.9 Å². The maximum Gasteiger partial charge on any atom is 0.338 e. The van der Waals surface area contributed by atoms with E-state index in [9.17, 15) is 9.59 Å². The Morgan fingerprint density at radius 1 is 1.03 bits per heavy atom. The Hall–Kier alpha value is -2.82. The topological polar surface area (TPSA) is 58.6 Å². The third-order valence-corrected chi connectivity index (χ3v) is 5.93. The van der Waals surface area contributed by atoms with Crippen molar-refractivity contribution in [2.75, 3.05) is 31.6 Å². The lowest BCUT2D eigenvalue weighted by atomic mass is 9.81. The fraction of sp³-hybridized carbons (Fsp3) is 0.440. The van der Waals surface area contributed by atoms with E-state index in [1.807, 2.05) is 18.2 Å². The fourth-order valence-corrected chi connectivity index (χ4v) is 4.34. The smallest absolute Gasteiger partial charge is 0.338 e. The number of amides is 1. The summed E-state index contributed by atoms with van der Waals surface area (Å²) in [6.45, 7) is 6.36. The van der Waals surface area contributed by atoms with Gasteiger partial charge in [-0.25, -0.2) is 4.79 Å². The van der Waals surface area contributed by atoms with Gasteiger partial charge in [0, 0.05) is 25.8 Å². The molecule has 1 aliphatic heterocycles. The van der Waals surface area contributed by atoms with Gasteiger partial charge in [-0.15, -0.1) is 0 Å². The number of esters is 1. The van der Waals surface area contributed by atoms with Crippen LogP contribution in [-0.2, 0) is 9.53 Å². The number of likely N-dealkylation sites (N-methyl/N-ethyl adjacent to an activating group) is 1. The number of anilines is 1. The molecule has 0 radical (unpaired) electrons. The molecule has 0 bridgehead atoms. The third-order valence-electron chi connectivity index (χ3n) is 5.93. The molecule has 1 fully saturated rings. The molecule has 2 aromatic rings. The first kappa shape index (κ1) is 21.9. The second-order valence-electron chi connectivity index (χ2n) is 7.83. The van der Waals surface area contributed by atoms with Gasteiger partial charge in [0.25, 0.3) is 0 Å². The van der Waals surface area contributed by atoms with Crippen LogP contribution in [0.25, 0.3) is 0 Å². The lowest BCUT2D eigenvalue weighted by Crippen LogP contribution is -2.32. The van der Waals surface area contributed by atoms with E-state index >= 15 is 0 Å². The Labute approximate surface area is 179 Å². The summed E-state index contributed by atoms with van der Waals surface area (Å²) in [5.74, 6) is -0.738. The van der Waals surface area contributed by atoms with Crippen LogP contribution < -0.4 is 10.2 Å². The number of nitrogens with one attached hydrogen (secondary N) is 1. The largest absolute Gasteiger partial charge is 0.462 e. The van der Waals surface area contributed by atoms with Gasteiger partial charge in [0.1, 0.15) is 0 Å². The van der Waals surface area contributed by atoms with E-state index in [-0.39, 0.29) is 23.7 Å². The molecule has 1 heterocycles. The highest BCUT2D eigenvalue weighted by molar-refractivity contribution is 5.90.